The van der Waals surface area contributed by atoms with E-state index in [1.165, 1.54) is 12.1 Å². The van der Waals surface area contributed by atoms with Gasteiger partial charge >= 0.3 is 5.63 Å². The summed E-state index contributed by atoms with van der Waals surface area (Å²) in [4.78, 5) is 29.4. The monoisotopic (exact) mass is 434 g/mol. The van der Waals surface area contributed by atoms with Gasteiger partial charge in [0.05, 0.1) is 17.4 Å². The molecule has 0 radical (unpaired) electrons. The summed E-state index contributed by atoms with van der Waals surface area (Å²) in [6.07, 6.45) is 4.13. The number of phenols is 2. The van der Waals surface area contributed by atoms with E-state index in [0.29, 0.717) is 24.0 Å². The Kier molecular flexibility index (Phi) is 6.28. The van der Waals surface area contributed by atoms with E-state index in [9.17, 15) is 19.8 Å². The lowest BCUT2D eigenvalue weighted by Gasteiger charge is -2.34. The molecule has 0 unspecified atom stereocenters. The van der Waals surface area contributed by atoms with Crippen molar-refractivity contribution in [1.29, 1.82) is 0 Å². The maximum absolute atomic E-state index is 12.9. The molecule has 1 amide bonds. The van der Waals surface area contributed by atoms with E-state index >= 15 is 0 Å². The van der Waals surface area contributed by atoms with E-state index in [2.05, 4.69) is 29.2 Å². The van der Waals surface area contributed by atoms with Crippen LogP contribution in [0.2, 0.25) is 0 Å². The van der Waals surface area contributed by atoms with E-state index < -0.39 is 5.63 Å². The van der Waals surface area contributed by atoms with Gasteiger partial charge in [-0.2, -0.15) is 0 Å². The van der Waals surface area contributed by atoms with Gasteiger partial charge in [-0.1, -0.05) is 42.5 Å². The molecular formula is C25H26N2O5. The number of piperazine rings is 1. The molecule has 1 saturated heterocycles. The third-order valence-electron chi connectivity index (χ3n) is 5.87. The summed E-state index contributed by atoms with van der Waals surface area (Å²) < 4.78 is 5.26. The first-order valence-electron chi connectivity index (χ1n) is 10.6. The van der Waals surface area contributed by atoms with Gasteiger partial charge in [0.25, 0.3) is 0 Å². The van der Waals surface area contributed by atoms with Crippen molar-refractivity contribution >= 4 is 23.0 Å². The quantitative estimate of drug-likeness (QED) is 0.600. The van der Waals surface area contributed by atoms with Gasteiger partial charge in [0.2, 0.25) is 5.91 Å². The molecule has 0 bridgehead atoms. The summed E-state index contributed by atoms with van der Waals surface area (Å²) in [7, 11) is 0. The number of hydrogen-bond donors (Lipinski definition) is 2. The van der Waals surface area contributed by atoms with Crippen LogP contribution < -0.4 is 5.63 Å². The van der Waals surface area contributed by atoms with Crippen LogP contribution in [0.15, 0.2) is 57.8 Å². The minimum Gasteiger partial charge on any atom is -0.508 e. The molecule has 7 heteroatoms. The number of carbonyl (C=O) groups is 1. The van der Waals surface area contributed by atoms with E-state index in [4.69, 9.17) is 4.42 Å². The number of aromatic hydroxyl groups is 2. The molecule has 1 fully saturated rings. The molecule has 4 rings (SSSR count). The topological polar surface area (TPSA) is 94.2 Å². The molecule has 3 aromatic rings. The van der Waals surface area contributed by atoms with Crippen molar-refractivity contribution in [2.45, 2.75) is 13.3 Å². The molecule has 0 aliphatic carbocycles. The number of benzene rings is 2. The summed E-state index contributed by atoms with van der Waals surface area (Å²) >= 11 is 0. The fraction of sp³-hybridized carbons (Fsp3) is 0.280. The zero-order chi connectivity index (χ0) is 22.7. The lowest BCUT2D eigenvalue weighted by molar-refractivity contribution is -0.132. The lowest BCUT2D eigenvalue weighted by atomic mass is 10.0. The van der Waals surface area contributed by atoms with Gasteiger partial charge in [0.15, 0.2) is 0 Å². The van der Waals surface area contributed by atoms with E-state index in [0.717, 1.165) is 25.2 Å². The second kappa shape index (κ2) is 9.28. The number of hydrogen-bond acceptors (Lipinski definition) is 6. The smallest absolute Gasteiger partial charge is 0.340 e. The largest absolute Gasteiger partial charge is 0.508 e. The van der Waals surface area contributed by atoms with Gasteiger partial charge in [-0.15, -0.1) is 0 Å². The Morgan fingerprint density at radius 3 is 2.53 bits per heavy atom. The van der Waals surface area contributed by atoms with Gasteiger partial charge in [0, 0.05) is 44.9 Å². The van der Waals surface area contributed by atoms with Gasteiger partial charge < -0.3 is 19.5 Å². The lowest BCUT2D eigenvalue weighted by Crippen LogP contribution is -2.49. The standard InChI is InChI=1S/C25H26N2O5/c1-17-20(25(31)32-22-15-19(28)14-21(29)24(17)22)16-23(30)27-12-10-26(11-13-27)9-5-8-18-6-3-2-4-7-18/h2-8,14-15,28-29H,9-13,16H2,1H3. The average Bonchev–Trinajstić information content (AvgIpc) is 2.77. The third-order valence-corrected chi connectivity index (χ3v) is 5.87. The molecule has 0 atom stereocenters. The van der Waals surface area contributed by atoms with E-state index in [1.54, 1.807) is 11.8 Å². The molecule has 2 N–H and O–H groups in total. The minimum atomic E-state index is -0.627. The molecule has 2 heterocycles. The number of rotatable bonds is 5. The third kappa shape index (κ3) is 4.68. The van der Waals surface area contributed by atoms with Crippen molar-refractivity contribution in [3.05, 3.63) is 75.7 Å². The minimum absolute atomic E-state index is 0.0850. The molecule has 1 aliphatic heterocycles. The van der Waals surface area contributed by atoms with Crippen molar-refractivity contribution in [3.63, 3.8) is 0 Å². The number of nitrogens with zero attached hydrogens (tertiary/aromatic N) is 2. The maximum atomic E-state index is 12.9. The molecule has 1 aliphatic rings. The molecule has 0 saturated carbocycles. The van der Waals surface area contributed by atoms with Gasteiger partial charge in [-0.25, -0.2) is 4.79 Å². The van der Waals surface area contributed by atoms with Crippen LogP contribution >= 0.6 is 0 Å². The summed E-state index contributed by atoms with van der Waals surface area (Å²) in [6, 6.07) is 12.6. The Balaban J connectivity index is 1.38. The predicted molar refractivity (Wildman–Crippen MR) is 123 cm³/mol. The fourth-order valence-corrected chi connectivity index (χ4v) is 4.06. The molecule has 166 valence electrons. The highest BCUT2D eigenvalue weighted by Crippen LogP contribution is 2.32. The Bertz CT molecular complexity index is 1210. The Morgan fingerprint density at radius 2 is 1.81 bits per heavy atom. The Morgan fingerprint density at radius 1 is 1.09 bits per heavy atom. The predicted octanol–water partition coefficient (Wildman–Crippen LogP) is 2.91. The Labute approximate surface area is 185 Å². The van der Waals surface area contributed by atoms with E-state index in [-0.39, 0.29) is 35.0 Å². The van der Waals surface area contributed by atoms with E-state index in [1.807, 2.05) is 18.2 Å². The van der Waals surface area contributed by atoms with Gasteiger partial charge in [-0.05, 0) is 18.1 Å². The SMILES string of the molecule is Cc1c(CC(=O)N2CCN(CC=Cc3ccccc3)CC2)c(=O)oc2cc(O)cc(O)c12. The summed E-state index contributed by atoms with van der Waals surface area (Å²) in [5, 5.41) is 20.1. The second-order valence-corrected chi connectivity index (χ2v) is 8.00. The highest BCUT2D eigenvalue weighted by molar-refractivity contribution is 5.90. The van der Waals surface area contributed by atoms with Crippen LogP contribution in [0.1, 0.15) is 16.7 Å². The van der Waals surface area contributed by atoms with Crippen LogP contribution in [-0.4, -0.2) is 58.6 Å². The molecule has 7 nitrogen and oxygen atoms in total. The molecule has 32 heavy (non-hydrogen) atoms. The van der Waals surface area contributed by atoms with Gasteiger partial charge in [0.1, 0.15) is 17.1 Å². The zero-order valence-electron chi connectivity index (χ0n) is 18.0. The second-order valence-electron chi connectivity index (χ2n) is 8.00. The number of amides is 1. The van der Waals surface area contributed by atoms with Crippen LogP contribution in [-0.2, 0) is 11.2 Å². The van der Waals surface area contributed by atoms with Gasteiger partial charge in [-0.3, -0.25) is 9.69 Å². The van der Waals surface area contributed by atoms with Crippen molar-refractivity contribution < 1.29 is 19.4 Å². The highest BCUT2D eigenvalue weighted by Gasteiger charge is 2.24. The van der Waals surface area contributed by atoms with Crippen molar-refractivity contribution in [3.8, 4) is 11.5 Å². The first kappa shape index (κ1) is 21.6. The normalized spacial score (nSPS) is 15.0. The Hall–Kier alpha value is -3.58. The average molecular weight is 434 g/mol. The number of phenolic OH excluding ortho intramolecular Hbond substituents is 2. The van der Waals surface area contributed by atoms with Crippen LogP contribution in [0, 0.1) is 6.92 Å². The fourth-order valence-electron chi connectivity index (χ4n) is 4.06. The summed E-state index contributed by atoms with van der Waals surface area (Å²) in [6.45, 7) is 5.20. The first-order valence-corrected chi connectivity index (χ1v) is 10.6. The van der Waals surface area contributed by atoms with Crippen LogP contribution in [0.25, 0.3) is 17.0 Å². The van der Waals surface area contributed by atoms with Crippen molar-refractivity contribution in [1.82, 2.24) is 9.80 Å². The molecule has 0 spiro atoms. The number of carbonyl (C=O) groups excluding carboxylic acids is 1. The van der Waals surface area contributed by atoms with Crippen molar-refractivity contribution in [2.24, 2.45) is 0 Å². The summed E-state index contributed by atoms with van der Waals surface area (Å²) in [5.41, 5.74) is 1.35. The maximum Gasteiger partial charge on any atom is 0.340 e. The zero-order valence-corrected chi connectivity index (χ0v) is 18.0. The van der Waals surface area contributed by atoms with Crippen LogP contribution in [0.3, 0.4) is 0 Å². The molecular weight excluding hydrogens is 408 g/mol. The van der Waals surface area contributed by atoms with Crippen LogP contribution in [0.4, 0.5) is 0 Å². The molecule has 2 aromatic carbocycles. The summed E-state index contributed by atoms with van der Waals surface area (Å²) in [5.74, 6) is -0.525. The number of fused-ring (bicyclic) bond motifs is 1. The van der Waals surface area contributed by atoms with Crippen LogP contribution in [0.5, 0.6) is 11.5 Å². The molecule has 1 aromatic heterocycles. The highest BCUT2D eigenvalue weighted by atomic mass is 16.4. The first-order chi connectivity index (χ1) is 15.4. The number of aryl methyl sites for hydroxylation is 1. The van der Waals surface area contributed by atoms with Crippen molar-refractivity contribution in [2.75, 3.05) is 32.7 Å².